The summed E-state index contributed by atoms with van der Waals surface area (Å²) in [4.78, 5) is 11.5. The number of rotatable bonds is 4. The van der Waals surface area contributed by atoms with Crippen LogP contribution in [0, 0.1) is 0 Å². The molecule has 0 radical (unpaired) electrons. The molecule has 1 aromatic heterocycles. The second-order valence-electron chi connectivity index (χ2n) is 6.89. The van der Waals surface area contributed by atoms with E-state index >= 15 is 0 Å². The van der Waals surface area contributed by atoms with Crippen LogP contribution in [-0.4, -0.2) is 40.8 Å². The molecule has 5 heteroatoms. The number of morpholine rings is 1. The van der Waals surface area contributed by atoms with Crippen molar-refractivity contribution in [1.82, 2.24) is 9.97 Å². The molecule has 21 heavy (non-hydrogen) atoms. The van der Waals surface area contributed by atoms with Crippen LogP contribution in [0.15, 0.2) is 6.07 Å². The Hall–Kier alpha value is -1.36. The van der Waals surface area contributed by atoms with Crippen molar-refractivity contribution in [3.05, 3.63) is 11.9 Å². The van der Waals surface area contributed by atoms with Gasteiger partial charge in [-0.1, -0.05) is 6.92 Å². The minimum Gasteiger partial charge on any atom is -0.370 e. The Morgan fingerprint density at radius 3 is 2.29 bits per heavy atom. The van der Waals surface area contributed by atoms with Crippen molar-refractivity contribution in [3.8, 4) is 0 Å². The highest BCUT2D eigenvalue weighted by Crippen LogP contribution is 2.31. The monoisotopic (exact) mass is 292 g/mol. The molecular weight excluding hydrogens is 264 g/mol. The van der Waals surface area contributed by atoms with Gasteiger partial charge in [0.2, 0.25) is 0 Å². The average molecular weight is 292 g/mol. The van der Waals surface area contributed by atoms with Gasteiger partial charge in [-0.15, -0.1) is 0 Å². The summed E-state index contributed by atoms with van der Waals surface area (Å²) in [7, 11) is 0. The van der Waals surface area contributed by atoms with Gasteiger partial charge in [0.25, 0.3) is 0 Å². The summed E-state index contributed by atoms with van der Waals surface area (Å²) in [6.07, 6.45) is 0.837. The zero-order valence-electron chi connectivity index (χ0n) is 14.2. The maximum atomic E-state index is 6.15. The summed E-state index contributed by atoms with van der Waals surface area (Å²) < 4.78 is 6.15. The molecule has 0 unspecified atom stereocenters. The van der Waals surface area contributed by atoms with Crippen LogP contribution in [0.2, 0.25) is 0 Å². The van der Waals surface area contributed by atoms with Crippen LogP contribution < -0.4 is 10.2 Å². The maximum Gasteiger partial charge on any atom is 0.134 e. The predicted octanol–water partition coefficient (Wildman–Crippen LogP) is 2.86. The lowest BCUT2D eigenvalue weighted by molar-refractivity contribution is -0.133. The van der Waals surface area contributed by atoms with E-state index in [0.29, 0.717) is 0 Å². The third-order valence-corrected chi connectivity index (χ3v) is 3.45. The van der Waals surface area contributed by atoms with Crippen LogP contribution in [0.25, 0.3) is 0 Å². The molecule has 118 valence electrons. The Labute approximate surface area is 128 Å². The topological polar surface area (TPSA) is 50.3 Å². The van der Waals surface area contributed by atoms with Gasteiger partial charge in [0.15, 0.2) is 0 Å². The smallest absolute Gasteiger partial charge is 0.134 e. The first-order valence-corrected chi connectivity index (χ1v) is 7.81. The first-order chi connectivity index (χ1) is 9.74. The molecule has 2 rings (SSSR count). The van der Waals surface area contributed by atoms with Crippen molar-refractivity contribution < 1.29 is 4.74 Å². The number of hydrogen-bond acceptors (Lipinski definition) is 5. The van der Waals surface area contributed by atoms with Gasteiger partial charge in [-0.2, -0.15) is 0 Å². The van der Waals surface area contributed by atoms with E-state index in [1.807, 2.05) is 6.07 Å². The number of nitrogens with one attached hydrogen (secondary N) is 1. The first-order valence-electron chi connectivity index (χ1n) is 7.81. The fourth-order valence-electron chi connectivity index (χ4n) is 3.02. The Morgan fingerprint density at radius 1 is 1.14 bits per heavy atom. The van der Waals surface area contributed by atoms with Gasteiger partial charge in [0.05, 0.1) is 11.2 Å². The van der Waals surface area contributed by atoms with Crippen LogP contribution in [-0.2, 0) is 11.2 Å². The van der Waals surface area contributed by atoms with Crippen molar-refractivity contribution in [1.29, 1.82) is 0 Å². The lowest BCUT2D eigenvalue weighted by Gasteiger charge is -2.47. The number of ether oxygens (including phenoxy) is 1. The fourth-order valence-corrected chi connectivity index (χ4v) is 3.02. The standard InChI is InChI=1S/C16H28N4O/c1-7-12-18-13(17-8-2)9-14(19-12)20-10-15(3,4)21-16(5,6)11-20/h9H,7-8,10-11H2,1-6H3,(H,17,18,19). The van der Waals surface area contributed by atoms with Crippen LogP contribution in [0.4, 0.5) is 11.6 Å². The van der Waals surface area contributed by atoms with Gasteiger partial charge in [-0.25, -0.2) is 9.97 Å². The Kier molecular flexibility index (Phi) is 4.42. The summed E-state index contributed by atoms with van der Waals surface area (Å²) in [6.45, 7) is 15.2. The minimum atomic E-state index is -0.183. The van der Waals surface area contributed by atoms with Crippen molar-refractivity contribution in [2.24, 2.45) is 0 Å². The number of anilines is 2. The molecule has 0 aliphatic carbocycles. The number of hydrogen-bond donors (Lipinski definition) is 1. The van der Waals surface area contributed by atoms with E-state index in [1.54, 1.807) is 0 Å². The van der Waals surface area contributed by atoms with Crippen molar-refractivity contribution in [2.75, 3.05) is 29.9 Å². The molecule has 1 aromatic rings. The molecule has 0 bridgehead atoms. The summed E-state index contributed by atoms with van der Waals surface area (Å²) in [5.74, 6) is 2.77. The summed E-state index contributed by atoms with van der Waals surface area (Å²) in [5.41, 5.74) is -0.366. The molecule has 2 heterocycles. The molecule has 0 saturated carbocycles. The molecule has 1 fully saturated rings. The summed E-state index contributed by atoms with van der Waals surface area (Å²) in [5, 5.41) is 3.29. The van der Waals surface area contributed by atoms with Crippen LogP contribution in [0.1, 0.15) is 47.4 Å². The highest BCUT2D eigenvalue weighted by Gasteiger charge is 2.38. The molecule has 0 amide bonds. The predicted molar refractivity (Wildman–Crippen MR) is 87.0 cm³/mol. The molecule has 0 atom stereocenters. The van der Waals surface area contributed by atoms with Crippen LogP contribution in [0.3, 0.4) is 0 Å². The van der Waals surface area contributed by atoms with Gasteiger partial charge < -0.3 is 15.0 Å². The molecule has 1 N–H and O–H groups in total. The lowest BCUT2D eigenvalue weighted by Crippen LogP contribution is -2.57. The van der Waals surface area contributed by atoms with E-state index in [0.717, 1.165) is 43.5 Å². The Bertz CT molecular complexity index is 483. The summed E-state index contributed by atoms with van der Waals surface area (Å²) >= 11 is 0. The van der Waals surface area contributed by atoms with Crippen molar-refractivity contribution in [3.63, 3.8) is 0 Å². The van der Waals surface area contributed by atoms with Crippen LogP contribution >= 0.6 is 0 Å². The number of aromatic nitrogens is 2. The highest BCUT2D eigenvalue weighted by atomic mass is 16.5. The lowest BCUT2D eigenvalue weighted by atomic mass is 9.99. The first kappa shape index (κ1) is 16.0. The van der Waals surface area contributed by atoms with Crippen LogP contribution in [0.5, 0.6) is 0 Å². The third kappa shape index (κ3) is 4.06. The zero-order chi connectivity index (χ0) is 15.7. The molecule has 1 aliphatic rings. The molecule has 0 aromatic carbocycles. The normalized spacial score (nSPS) is 20.4. The molecule has 5 nitrogen and oxygen atoms in total. The van der Waals surface area contributed by atoms with E-state index in [2.05, 4.69) is 56.7 Å². The number of aryl methyl sites for hydroxylation is 1. The van der Waals surface area contributed by atoms with E-state index in [9.17, 15) is 0 Å². The second kappa shape index (κ2) is 5.79. The molecule has 1 saturated heterocycles. The van der Waals surface area contributed by atoms with E-state index in [1.165, 1.54) is 0 Å². The Balaban J connectivity index is 2.33. The third-order valence-electron chi connectivity index (χ3n) is 3.45. The van der Waals surface area contributed by atoms with Gasteiger partial charge in [-0.05, 0) is 34.6 Å². The van der Waals surface area contributed by atoms with E-state index < -0.39 is 0 Å². The Morgan fingerprint density at radius 2 is 1.76 bits per heavy atom. The van der Waals surface area contributed by atoms with Crippen molar-refractivity contribution in [2.45, 2.75) is 59.2 Å². The van der Waals surface area contributed by atoms with E-state index in [4.69, 9.17) is 9.72 Å². The second-order valence-corrected chi connectivity index (χ2v) is 6.89. The SMILES string of the molecule is CCNc1cc(N2CC(C)(C)OC(C)(C)C2)nc(CC)n1. The van der Waals surface area contributed by atoms with Gasteiger partial charge >= 0.3 is 0 Å². The van der Waals surface area contributed by atoms with Gasteiger partial charge in [0.1, 0.15) is 17.5 Å². The molecule has 1 aliphatic heterocycles. The largest absolute Gasteiger partial charge is 0.370 e. The quantitative estimate of drug-likeness (QED) is 0.924. The molecular formula is C16H28N4O. The average Bonchev–Trinajstić information content (AvgIpc) is 2.35. The van der Waals surface area contributed by atoms with Gasteiger partial charge in [-0.3, -0.25) is 0 Å². The maximum absolute atomic E-state index is 6.15. The minimum absolute atomic E-state index is 0.183. The fraction of sp³-hybridized carbons (Fsp3) is 0.750. The zero-order valence-corrected chi connectivity index (χ0v) is 14.2. The van der Waals surface area contributed by atoms with Crippen molar-refractivity contribution >= 4 is 11.6 Å². The molecule has 0 spiro atoms. The number of nitrogens with zero attached hydrogens (tertiary/aromatic N) is 3. The highest BCUT2D eigenvalue weighted by molar-refractivity contribution is 5.50. The van der Waals surface area contributed by atoms with Gasteiger partial charge in [0, 0.05) is 32.1 Å². The van der Waals surface area contributed by atoms with E-state index in [-0.39, 0.29) is 11.2 Å². The summed E-state index contributed by atoms with van der Waals surface area (Å²) in [6, 6.07) is 2.04.